The lowest BCUT2D eigenvalue weighted by Gasteiger charge is -2.33. The van der Waals surface area contributed by atoms with E-state index in [4.69, 9.17) is 33.3 Å². The summed E-state index contributed by atoms with van der Waals surface area (Å²) in [5, 5.41) is 3.93. The van der Waals surface area contributed by atoms with Gasteiger partial charge in [-0.3, -0.25) is 0 Å². The second kappa shape index (κ2) is 7.66. The van der Waals surface area contributed by atoms with E-state index in [2.05, 4.69) is 32.7 Å². The molecule has 21 heavy (non-hydrogen) atoms. The molecule has 1 aromatic rings. The van der Waals surface area contributed by atoms with Gasteiger partial charge in [0.25, 0.3) is 5.17 Å². The molecule has 0 bridgehead atoms. The molecule has 1 atom stereocenters. The Hall–Kier alpha value is -1.26. The number of rotatable bonds is 5. The largest absolute Gasteiger partial charge is 0.496 e. The van der Waals surface area contributed by atoms with Crippen LogP contribution in [-0.4, -0.2) is 18.9 Å². The summed E-state index contributed by atoms with van der Waals surface area (Å²) in [6.07, 6.45) is 0. The Bertz CT molecular complexity index is 511. The van der Waals surface area contributed by atoms with E-state index in [-0.39, 0.29) is 18.1 Å². The van der Waals surface area contributed by atoms with Crippen molar-refractivity contribution in [1.82, 2.24) is 5.32 Å². The van der Waals surface area contributed by atoms with E-state index in [9.17, 15) is 0 Å². The van der Waals surface area contributed by atoms with Crippen LogP contribution in [0.4, 0.5) is 0 Å². The summed E-state index contributed by atoms with van der Waals surface area (Å²) in [7, 11) is 1.66. The zero-order valence-electron chi connectivity index (χ0n) is 12.9. The summed E-state index contributed by atoms with van der Waals surface area (Å²) in [5.41, 5.74) is 0.947. The molecule has 5 heteroatoms. The second-order valence-electron chi connectivity index (χ2n) is 5.78. The number of hydrogen-bond donors (Lipinski definition) is 1. The number of para-hydroxylation sites is 1. The molecule has 0 aromatic heterocycles. The maximum Gasteiger partial charge on any atom is 0.257 e. The Labute approximate surface area is 137 Å². The van der Waals surface area contributed by atoms with Gasteiger partial charge < -0.3 is 14.8 Å². The van der Waals surface area contributed by atoms with Crippen molar-refractivity contribution < 1.29 is 9.47 Å². The minimum absolute atomic E-state index is 0.0512. The average molecular weight is 328 g/mol. The predicted molar refractivity (Wildman–Crippen MR) is 91.9 cm³/mol. The SMILES string of the molecule is C=C(Cl)COC(=S)NC(c1ccccc1OC)C(C)(C)C. The van der Waals surface area contributed by atoms with E-state index in [0.29, 0.717) is 10.2 Å². The second-order valence-corrected chi connectivity index (χ2v) is 6.68. The maximum absolute atomic E-state index is 5.69. The monoisotopic (exact) mass is 327 g/mol. The molecular formula is C16H22ClNO2S. The highest BCUT2D eigenvalue weighted by atomic mass is 35.5. The van der Waals surface area contributed by atoms with Crippen LogP contribution in [0.2, 0.25) is 0 Å². The first kappa shape index (κ1) is 17.8. The van der Waals surface area contributed by atoms with Crippen molar-refractivity contribution in [3.8, 4) is 5.75 Å². The van der Waals surface area contributed by atoms with Crippen LogP contribution in [0.25, 0.3) is 0 Å². The van der Waals surface area contributed by atoms with E-state index in [1.54, 1.807) is 7.11 Å². The van der Waals surface area contributed by atoms with Gasteiger partial charge in [0.15, 0.2) is 0 Å². The predicted octanol–water partition coefficient (Wildman–Crippen LogP) is 4.43. The summed E-state index contributed by atoms with van der Waals surface area (Å²) in [5.74, 6) is 0.814. The molecule has 0 fully saturated rings. The van der Waals surface area contributed by atoms with Crippen LogP contribution in [0.5, 0.6) is 5.75 Å². The Morgan fingerprint density at radius 3 is 2.52 bits per heavy atom. The molecule has 1 N–H and O–H groups in total. The third kappa shape index (κ3) is 5.56. The molecule has 0 aliphatic rings. The highest BCUT2D eigenvalue weighted by Gasteiger charge is 2.29. The molecule has 116 valence electrons. The molecule has 0 aliphatic carbocycles. The van der Waals surface area contributed by atoms with Crippen molar-refractivity contribution in [2.75, 3.05) is 13.7 Å². The van der Waals surface area contributed by atoms with Gasteiger partial charge in [0.2, 0.25) is 0 Å². The number of halogens is 1. The standard InChI is InChI=1S/C16H22ClNO2S/c1-11(17)10-20-15(21)18-14(16(2,3)4)12-8-6-7-9-13(12)19-5/h6-9,14H,1,10H2,2-5H3,(H,18,21). The van der Waals surface area contributed by atoms with Crippen molar-refractivity contribution in [2.24, 2.45) is 5.41 Å². The Morgan fingerprint density at radius 2 is 2.00 bits per heavy atom. The van der Waals surface area contributed by atoms with Gasteiger partial charge >= 0.3 is 0 Å². The van der Waals surface area contributed by atoms with Crippen LogP contribution in [0.3, 0.4) is 0 Å². The molecule has 0 amide bonds. The minimum atomic E-state index is -0.0833. The first-order valence-corrected chi connectivity index (χ1v) is 7.43. The van der Waals surface area contributed by atoms with Crippen molar-refractivity contribution in [1.29, 1.82) is 0 Å². The average Bonchev–Trinajstić information content (AvgIpc) is 2.41. The van der Waals surface area contributed by atoms with E-state index < -0.39 is 0 Å². The number of thiocarbonyl (C=S) groups is 1. The zero-order valence-corrected chi connectivity index (χ0v) is 14.5. The van der Waals surface area contributed by atoms with Crippen molar-refractivity contribution in [2.45, 2.75) is 26.8 Å². The highest BCUT2D eigenvalue weighted by molar-refractivity contribution is 7.80. The van der Waals surface area contributed by atoms with Crippen LogP contribution < -0.4 is 10.1 Å². The fourth-order valence-corrected chi connectivity index (χ4v) is 2.20. The smallest absolute Gasteiger partial charge is 0.257 e. The van der Waals surface area contributed by atoms with Crippen LogP contribution in [0, 0.1) is 5.41 Å². The molecule has 0 saturated carbocycles. The van der Waals surface area contributed by atoms with Crippen LogP contribution in [0.1, 0.15) is 32.4 Å². The lowest BCUT2D eigenvalue weighted by Crippen LogP contribution is -2.37. The van der Waals surface area contributed by atoms with E-state index in [0.717, 1.165) is 11.3 Å². The number of ether oxygens (including phenoxy) is 2. The molecule has 1 rings (SSSR count). The van der Waals surface area contributed by atoms with Gasteiger partial charge in [-0.05, 0) is 23.7 Å². The fraction of sp³-hybridized carbons (Fsp3) is 0.438. The number of benzene rings is 1. The van der Waals surface area contributed by atoms with Crippen LogP contribution >= 0.6 is 23.8 Å². The van der Waals surface area contributed by atoms with Gasteiger partial charge in [-0.2, -0.15) is 0 Å². The summed E-state index contributed by atoms with van der Waals surface area (Å²) >= 11 is 10.9. The normalized spacial score (nSPS) is 12.4. The summed E-state index contributed by atoms with van der Waals surface area (Å²) < 4.78 is 10.8. The molecular weight excluding hydrogens is 306 g/mol. The highest BCUT2D eigenvalue weighted by Crippen LogP contribution is 2.37. The van der Waals surface area contributed by atoms with Gasteiger partial charge in [0.1, 0.15) is 12.4 Å². The summed E-state index contributed by atoms with van der Waals surface area (Å²) in [6.45, 7) is 10.1. The number of hydrogen-bond acceptors (Lipinski definition) is 3. The lowest BCUT2D eigenvalue weighted by molar-refractivity contribution is 0.263. The van der Waals surface area contributed by atoms with Gasteiger partial charge in [0.05, 0.1) is 13.2 Å². The van der Waals surface area contributed by atoms with Gasteiger partial charge in [-0.15, -0.1) is 0 Å². The third-order valence-corrected chi connectivity index (χ3v) is 3.28. The number of methoxy groups -OCH3 is 1. The van der Waals surface area contributed by atoms with E-state index in [1.807, 2.05) is 24.3 Å². The maximum atomic E-state index is 5.69. The van der Waals surface area contributed by atoms with E-state index >= 15 is 0 Å². The van der Waals surface area contributed by atoms with Crippen molar-refractivity contribution >= 4 is 29.0 Å². The zero-order chi connectivity index (χ0) is 16.0. The Kier molecular flexibility index (Phi) is 6.49. The Balaban J connectivity index is 2.97. The van der Waals surface area contributed by atoms with Gasteiger partial charge in [-0.1, -0.05) is 57.2 Å². The lowest BCUT2D eigenvalue weighted by atomic mass is 9.82. The first-order valence-electron chi connectivity index (χ1n) is 6.65. The molecule has 0 radical (unpaired) electrons. The van der Waals surface area contributed by atoms with Gasteiger partial charge in [0, 0.05) is 10.6 Å². The third-order valence-electron chi connectivity index (χ3n) is 2.94. The van der Waals surface area contributed by atoms with Gasteiger partial charge in [-0.25, -0.2) is 0 Å². The molecule has 1 unspecified atom stereocenters. The molecule has 0 spiro atoms. The van der Waals surface area contributed by atoms with Crippen molar-refractivity contribution in [3.05, 3.63) is 41.4 Å². The molecule has 1 aromatic carbocycles. The molecule has 3 nitrogen and oxygen atoms in total. The van der Waals surface area contributed by atoms with E-state index in [1.165, 1.54) is 0 Å². The quantitative estimate of drug-likeness (QED) is 0.811. The number of nitrogens with one attached hydrogen (secondary N) is 1. The van der Waals surface area contributed by atoms with Crippen LogP contribution in [-0.2, 0) is 4.74 Å². The molecule has 0 aliphatic heterocycles. The fourth-order valence-electron chi connectivity index (χ4n) is 1.97. The molecule has 0 saturated heterocycles. The van der Waals surface area contributed by atoms with Crippen LogP contribution in [0.15, 0.2) is 35.9 Å². The first-order chi connectivity index (χ1) is 9.75. The molecule has 0 heterocycles. The Morgan fingerprint density at radius 1 is 1.38 bits per heavy atom. The summed E-state index contributed by atoms with van der Waals surface area (Å²) in [6, 6.07) is 7.81. The topological polar surface area (TPSA) is 30.5 Å². The van der Waals surface area contributed by atoms with Crippen molar-refractivity contribution in [3.63, 3.8) is 0 Å². The minimum Gasteiger partial charge on any atom is -0.496 e. The summed E-state index contributed by atoms with van der Waals surface area (Å²) in [4.78, 5) is 0.